The second-order valence-electron chi connectivity index (χ2n) is 3.28. The maximum absolute atomic E-state index is 11.0. The molecular weight excluding hydrogens is 206 g/mol. The lowest BCUT2D eigenvalue weighted by molar-refractivity contribution is -0.172. The lowest BCUT2D eigenvalue weighted by atomic mass is 10.1. The van der Waals surface area contributed by atoms with Crippen molar-refractivity contribution in [2.75, 3.05) is 13.1 Å². The Balaban J connectivity index is 2.81. The van der Waals surface area contributed by atoms with Gasteiger partial charge >= 0.3 is 17.9 Å². The molecule has 0 aliphatic carbocycles. The molecule has 1 rings (SSSR count). The van der Waals surface area contributed by atoms with Crippen molar-refractivity contribution in [2.45, 2.75) is 19.1 Å². The van der Waals surface area contributed by atoms with E-state index in [0.29, 0.717) is 0 Å². The van der Waals surface area contributed by atoms with Crippen molar-refractivity contribution in [2.24, 2.45) is 0 Å². The molecule has 2 atom stereocenters. The Morgan fingerprint density at radius 2 is 2.13 bits per heavy atom. The van der Waals surface area contributed by atoms with Gasteiger partial charge in [0.15, 0.2) is 0 Å². The van der Waals surface area contributed by atoms with E-state index in [0.717, 1.165) is 4.90 Å². The number of aliphatic carboxylic acids is 2. The van der Waals surface area contributed by atoms with Gasteiger partial charge in [-0.1, -0.05) is 0 Å². The molecule has 7 heteroatoms. The Hall–Kier alpha value is -1.63. The van der Waals surface area contributed by atoms with Gasteiger partial charge in [0.25, 0.3) is 0 Å². The van der Waals surface area contributed by atoms with Gasteiger partial charge in [-0.2, -0.15) is 0 Å². The molecule has 0 bridgehead atoms. The first-order valence-electron chi connectivity index (χ1n) is 4.30. The van der Waals surface area contributed by atoms with E-state index in [4.69, 9.17) is 14.9 Å². The van der Waals surface area contributed by atoms with E-state index >= 15 is 0 Å². The molecule has 1 fully saturated rings. The van der Waals surface area contributed by atoms with Crippen molar-refractivity contribution >= 4 is 17.9 Å². The largest absolute Gasteiger partial charge is 0.480 e. The van der Waals surface area contributed by atoms with E-state index in [1.54, 1.807) is 0 Å². The maximum atomic E-state index is 11.0. The lowest BCUT2D eigenvalue weighted by Crippen LogP contribution is -2.57. The molecule has 84 valence electrons. The zero-order valence-corrected chi connectivity index (χ0v) is 8.04. The minimum Gasteiger partial charge on any atom is -0.480 e. The minimum absolute atomic E-state index is 0.312. The highest BCUT2D eigenvalue weighted by molar-refractivity contribution is 5.81. The third kappa shape index (κ3) is 2.66. The fraction of sp³-hybridized carbons (Fsp3) is 0.625. The molecule has 1 aliphatic heterocycles. The quantitative estimate of drug-likeness (QED) is 0.570. The third-order valence-corrected chi connectivity index (χ3v) is 2.08. The van der Waals surface area contributed by atoms with E-state index < -0.39 is 36.6 Å². The topological polar surface area (TPSA) is 104 Å². The summed E-state index contributed by atoms with van der Waals surface area (Å²) in [6.07, 6.45) is -0.844. The molecule has 2 N–H and O–H groups in total. The summed E-state index contributed by atoms with van der Waals surface area (Å²) < 4.78 is 4.72. The van der Waals surface area contributed by atoms with Gasteiger partial charge in [-0.15, -0.1) is 0 Å². The summed E-state index contributed by atoms with van der Waals surface area (Å²) in [6, 6.07) is -1.10. The first-order valence-corrected chi connectivity index (χ1v) is 4.30. The molecule has 0 radical (unpaired) electrons. The number of cyclic esters (lactones) is 1. The summed E-state index contributed by atoms with van der Waals surface area (Å²) in [5.41, 5.74) is 0. The number of esters is 1. The highest BCUT2D eigenvalue weighted by Gasteiger charge is 2.39. The van der Waals surface area contributed by atoms with Crippen LogP contribution in [0.15, 0.2) is 0 Å². The number of carboxylic acid groups (broad SMARTS) is 2. The average Bonchev–Trinajstić information content (AvgIpc) is 1.99. The second kappa shape index (κ2) is 4.26. The molecule has 0 spiro atoms. The molecule has 0 aromatic rings. The van der Waals surface area contributed by atoms with Gasteiger partial charge in [-0.3, -0.25) is 19.3 Å². The monoisotopic (exact) mass is 217 g/mol. The van der Waals surface area contributed by atoms with Crippen molar-refractivity contribution in [3.05, 3.63) is 0 Å². The first kappa shape index (κ1) is 11.4. The van der Waals surface area contributed by atoms with Crippen LogP contribution in [-0.4, -0.2) is 58.3 Å². The first-order chi connectivity index (χ1) is 6.91. The fourth-order valence-electron chi connectivity index (χ4n) is 1.56. The molecular formula is C8H11NO6. The molecule has 0 aromatic heterocycles. The highest BCUT2D eigenvalue weighted by atomic mass is 16.6. The average molecular weight is 217 g/mol. The summed E-state index contributed by atoms with van der Waals surface area (Å²) in [5.74, 6) is -2.99. The van der Waals surface area contributed by atoms with Crippen LogP contribution in [0.1, 0.15) is 6.92 Å². The zero-order valence-electron chi connectivity index (χ0n) is 8.04. The zero-order chi connectivity index (χ0) is 11.6. The van der Waals surface area contributed by atoms with Crippen molar-refractivity contribution in [1.82, 2.24) is 4.90 Å². The van der Waals surface area contributed by atoms with Crippen LogP contribution >= 0.6 is 0 Å². The SMILES string of the molecule is CC1OC(=O)CN(CC(=O)O)C1C(=O)O. The second-order valence-corrected chi connectivity index (χ2v) is 3.28. The highest BCUT2D eigenvalue weighted by Crippen LogP contribution is 2.14. The van der Waals surface area contributed by atoms with Gasteiger partial charge < -0.3 is 14.9 Å². The normalized spacial score (nSPS) is 27.1. The predicted octanol–water partition coefficient (Wildman–Crippen LogP) is -1.23. The van der Waals surface area contributed by atoms with Gasteiger partial charge in [0.2, 0.25) is 0 Å². The van der Waals surface area contributed by atoms with Gasteiger partial charge in [0.1, 0.15) is 12.1 Å². The van der Waals surface area contributed by atoms with Gasteiger partial charge in [0, 0.05) is 0 Å². The number of ether oxygens (including phenoxy) is 1. The molecule has 7 nitrogen and oxygen atoms in total. The minimum atomic E-state index is -1.20. The maximum Gasteiger partial charge on any atom is 0.324 e. The molecule has 0 aromatic carbocycles. The van der Waals surface area contributed by atoms with E-state index in [-0.39, 0.29) is 6.54 Å². The van der Waals surface area contributed by atoms with Crippen molar-refractivity contribution in [1.29, 1.82) is 0 Å². The predicted molar refractivity (Wildman–Crippen MR) is 46.2 cm³/mol. The third-order valence-electron chi connectivity index (χ3n) is 2.08. The number of rotatable bonds is 3. The fourth-order valence-corrected chi connectivity index (χ4v) is 1.56. The van der Waals surface area contributed by atoms with Crippen LogP contribution < -0.4 is 0 Å². The van der Waals surface area contributed by atoms with Crippen molar-refractivity contribution in [3.8, 4) is 0 Å². The number of carbonyl (C=O) groups is 3. The number of carbonyl (C=O) groups excluding carboxylic acids is 1. The molecule has 2 unspecified atom stereocenters. The number of hydrogen-bond donors (Lipinski definition) is 2. The van der Waals surface area contributed by atoms with Gasteiger partial charge in [-0.05, 0) is 6.92 Å². The smallest absolute Gasteiger partial charge is 0.324 e. The molecule has 15 heavy (non-hydrogen) atoms. The van der Waals surface area contributed by atoms with E-state index in [1.165, 1.54) is 6.92 Å². The van der Waals surface area contributed by atoms with Crippen LogP contribution in [0.3, 0.4) is 0 Å². The summed E-state index contributed by atoms with van der Waals surface area (Å²) in [4.78, 5) is 33.4. The molecule has 0 saturated carbocycles. The van der Waals surface area contributed by atoms with Crippen LogP contribution in [0.5, 0.6) is 0 Å². The molecule has 1 aliphatic rings. The Bertz CT molecular complexity index is 300. The van der Waals surface area contributed by atoms with E-state index in [9.17, 15) is 14.4 Å². The van der Waals surface area contributed by atoms with E-state index in [2.05, 4.69) is 0 Å². The summed E-state index contributed by atoms with van der Waals surface area (Å²) in [6.45, 7) is 0.620. The van der Waals surface area contributed by atoms with Crippen LogP contribution in [0.2, 0.25) is 0 Å². The number of carboxylic acids is 2. The lowest BCUT2D eigenvalue weighted by Gasteiger charge is -2.34. The Morgan fingerprint density at radius 3 is 2.60 bits per heavy atom. The van der Waals surface area contributed by atoms with Crippen LogP contribution in [-0.2, 0) is 19.1 Å². The van der Waals surface area contributed by atoms with Gasteiger partial charge in [-0.25, -0.2) is 0 Å². The van der Waals surface area contributed by atoms with Crippen LogP contribution in [0.4, 0.5) is 0 Å². The Kier molecular flexibility index (Phi) is 3.25. The van der Waals surface area contributed by atoms with E-state index in [1.807, 2.05) is 0 Å². The molecule has 1 heterocycles. The number of hydrogen-bond acceptors (Lipinski definition) is 5. The summed E-state index contributed by atoms with van der Waals surface area (Å²) in [7, 11) is 0. The van der Waals surface area contributed by atoms with Crippen molar-refractivity contribution in [3.63, 3.8) is 0 Å². The number of morpholine rings is 1. The number of nitrogens with zero attached hydrogens (tertiary/aromatic N) is 1. The standard InChI is InChI=1S/C8H11NO6/c1-4-7(8(13)14)9(2-5(10)11)3-6(12)15-4/h4,7H,2-3H2,1H3,(H,10,11)(H,13,14). The summed E-state index contributed by atoms with van der Waals surface area (Å²) in [5, 5.41) is 17.4. The molecule has 0 amide bonds. The van der Waals surface area contributed by atoms with Crippen LogP contribution in [0.25, 0.3) is 0 Å². The molecule has 1 saturated heterocycles. The van der Waals surface area contributed by atoms with Gasteiger partial charge in [0.05, 0.1) is 13.1 Å². The Labute approximate surface area is 85.2 Å². The Morgan fingerprint density at radius 1 is 1.53 bits per heavy atom. The van der Waals surface area contributed by atoms with Crippen molar-refractivity contribution < 1.29 is 29.3 Å². The van der Waals surface area contributed by atoms with Crippen LogP contribution in [0, 0.1) is 0 Å². The summed E-state index contributed by atoms with van der Waals surface area (Å²) >= 11 is 0.